The molecular formula is C23H18N2O4S. The van der Waals surface area contributed by atoms with Crippen molar-refractivity contribution in [2.45, 2.75) is 6.61 Å². The van der Waals surface area contributed by atoms with Crippen LogP contribution in [0.15, 0.2) is 82.7 Å². The molecule has 0 aliphatic carbocycles. The molecule has 0 saturated carbocycles. The van der Waals surface area contributed by atoms with E-state index < -0.39 is 5.97 Å². The maximum Gasteiger partial charge on any atom is 0.340 e. The number of carbonyl (C=O) groups excluding carboxylic acids is 2. The van der Waals surface area contributed by atoms with Crippen molar-refractivity contribution in [1.82, 2.24) is 5.16 Å². The van der Waals surface area contributed by atoms with Crippen molar-refractivity contribution in [2.75, 3.05) is 11.9 Å². The third-order valence-corrected chi connectivity index (χ3v) is 5.35. The van der Waals surface area contributed by atoms with Crippen LogP contribution < -0.4 is 4.90 Å². The second kappa shape index (κ2) is 8.75. The first-order valence-corrected chi connectivity index (χ1v) is 10.1. The average molecular weight is 418 g/mol. The predicted molar refractivity (Wildman–Crippen MR) is 115 cm³/mol. The topological polar surface area (TPSA) is 72.6 Å². The molecule has 4 rings (SSSR count). The third-order valence-electron chi connectivity index (χ3n) is 4.49. The molecular weight excluding hydrogens is 400 g/mol. The zero-order valence-corrected chi connectivity index (χ0v) is 17.0. The summed E-state index contributed by atoms with van der Waals surface area (Å²) in [4.78, 5) is 27.4. The number of hydrogen-bond donors (Lipinski definition) is 0. The fraction of sp³-hybridized carbons (Fsp3) is 0.0870. The van der Waals surface area contributed by atoms with Crippen molar-refractivity contribution in [3.8, 4) is 11.3 Å². The Morgan fingerprint density at radius 2 is 1.80 bits per heavy atom. The summed E-state index contributed by atoms with van der Waals surface area (Å²) in [7, 11) is 1.64. The first kappa shape index (κ1) is 19.6. The van der Waals surface area contributed by atoms with Gasteiger partial charge in [0.1, 0.15) is 12.3 Å². The number of anilines is 1. The number of ether oxygens (including phenoxy) is 1. The Hall–Kier alpha value is -3.71. The number of aromatic nitrogens is 1. The zero-order valence-electron chi connectivity index (χ0n) is 16.1. The van der Waals surface area contributed by atoms with Crippen LogP contribution in [0.25, 0.3) is 11.3 Å². The maximum absolute atomic E-state index is 12.7. The normalized spacial score (nSPS) is 10.6. The molecule has 7 heteroatoms. The van der Waals surface area contributed by atoms with Gasteiger partial charge < -0.3 is 14.2 Å². The zero-order chi connectivity index (χ0) is 20.9. The number of thiophene rings is 1. The summed E-state index contributed by atoms with van der Waals surface area (Å²) in [6.07, 6.45) is 0. The lowest BCUT2D eigenvalue weighted by atomic mass is 10.1. The van der Waals surface area contributed by atoms with E-state index in [9.17, 15) is 9.59 Å². The molecule has 0 aliphatic heterocycles. The maximum atomic E-state index is 12.7. The Balaban J connectivity index is 1.47. The minimum Gasteiger partial charge on any atom is -0.455 e. The van der Waals surface area contributed by atoms with Gasteiger partial charge in [-0.2, -0.15) is 0 Å². The number of rotatable bonds is 6. The van der Waals surface area contributed by atoms with Crippen molar-refractivity contribution in [3.05, 3.63) is 94.3 Å². The molecule has 4 aromatic rings. The van der Waals surface area contributed by atoms with Gasteiger partial charge in [-0.05, 0) is 23.6 Å². The van der Waals surface area contributed by atoms with Crippen molar-refractivity contribution < 1.29 is 18.8 Å². The van der Waals surface area contributed by atoms with Crippen LogP contribution in [0.1, 0.15) is 25.7 Å². The molecule has 0 N–H and O–H groups in total. The molecule has 0 aliphatic rings. The molecule has 0 bridgehead atoms. The molecule has 6 nitrogen and oxygen atoms in total. The molecule has 0 fully saturated rings. The molecule has 0 radical (unpaired) electrons. The lowest BCUT2D eigenvalue weighted by molar-refractivity contribution is 0.0465. The van der Waals surface area contributed by atoms with Gasteiger partial charge in [0, 0.05) is 18.7 Å². The molecule has 2 aromatic heterocycles. The van der Waals surface area contributed by atoms with E-state index in [1.807, 2.05) is 41.8 Å². The number of esters is 1. The summed E-state index contributed by atoms with van der Waals surface area (Å²) < 4.78 is 10.8. The smallest absolute Gasteiger partial charge is 0.340 e. The Morgan fingerprint density at radius 3 is 2.57 bits per heavy atom. The molecule has 1 amide bonds. The number of para-hydroxylation sites is 1. The van der Waals surface area contributed by atoms with Crippen LogP contribution in [0.4, 0.5) is 5.69 Å². The highest BCUT2D eigenvalue weighted by molar-refractivity contribution is 7.12. The van der Waals surface area contributed by atoms with E-state index in [2.05, 4.69) is 5.16 Å². The van der Waals surface area contributed by atoms with Gasteiger partial charge in [0.25, 0.3) is 5.91 Å². The minimum atomic E-state index is -0.541. The molecule has 30 heavy (non-hydrogen) atoms. The van der Waals surface area contributed by atoms with Crippen LogP contribution in [0.5, 0.6) is 0 Å². The van der Waals surface area contributed by atoms with Gasteiger partial charge in [-0.15, -0.1) is 11.3 Å². The van der Waals surface area contributed by atoms with Crippen LogP contribution in [-0.2, 0) is 11.3 Å². The lowest BCUT2D eigenvalue weighted by Crippen LogP contribution is -2.27. The summed E-state index contributed by atoms with van der Waals surface area (Å²) >= 11 is 1.35. The SMILES string of the molecule is CN(C(=O)c1cccs1)c1ccccc1C(=O)OCc1cc(-c2ccccc2)on1. The number of hydrogen-bond acceptors (Lipinski definition) is 6. The van der Waals surface area contributed by atoms with Crippen molar-refractivity contribution in [3.63, 3.8) is 0 Å². The summed E-state index contributed by atoms with van der Waals surface area (Å²) in [5, 5.41) is 5.80. The minimum absolute atomic E-state index is 0.0356. The molecule has 0 atom stereocenters. The van der Waals surface area contributed by atoms with Crippen LogP contribution in [-0.4, -0.2) is 24.1 Å². The molecule has 0 spiro atoms. The van der Waals surface area contributed by atoms with Crippen molar-refractivity contribution in [2.24, 2.45) is 0 Å². The van der Waals surface area contributed by atoms with Gasteiger partial charge in [-0.1, -0.05) is 53.7 Å². The summed E-state index contributed by atoms with van der Waals surface area (Å²) in [5.41, 5.74) is 2.17. The van der Waals surface area contributed by atoms with Crippen LogP contribution in [0.3, 0.4) is 0 Å². The number of benzene rings is 2. The number of carbonyl (C=O) groups is 2. The number of amides is 1. The third kappa shape index (κ3) is 4.16. The second-order valence-electron chi connectivity index (χ2n) is 6.48. The van der Waals surface area contributed by atoms with Crippen molar-refractivity contribution in [1.29, 1.82) is 0 Å². The van der Waals surface area contributed by atoms with E-state index in [1.165, 1.54) is 16.2 Å². The summed E-state index contributed by atoms with van der Waals surface area (Å²) in [6.45, 7) is -0.0356. The van der Waals surface area contributed by atoms with Gasteiger partial charge in [0.15, 0.2) is 5.76 Å². The Kier molecular flexibility index (Phi) is 5.72. The first-order valence-electron chi connectivity index (χ1n) is 9.22. The predicted octanol–water partition coefficient (Wildman–Crippen LogP) is 5.04. The van der Waals surface area contributed by atoms with Gasteiger partial charge in [-0.25, -0.2) is 4.79 Å². The second-order valence-corrected chi connectivity index (χ2v) is 7.43. The van der Waals surface area contributed by atoms with Gasteiger partial charge in [-0.3, -0.25) is 4.79 Å². The van der Waals surface area contributed by atoms with Crippen molar-refractivity contribution >= 4 is 28.9 Å². The number of nitrogens with zero attached hydrogens (tertiary/aromatic N) is 2. The first-order chi connectivity index (χ1) is 14.6. The molecule has 2 aromatic carbocycles. The highest BCUT2D eigenvalue weighted by Crippen LogP contribution is 2.24. The van der Waals surface area contributed by atoms with E-state index in [0.29, 0.717) is 27.6 Å². The highest BCUT2D eigenvalue weighted by Gasteiger charge is 2.21. The monoisotopic (exact) mass is 418 g/mol. The molecule has 2 heterocycles. The fourth-order valence-electron chi connectivity index (χ4n) is 2.95. The van der Waals surface area contributed by atoms with Gasteiger partial charge >= 0.3 is 5.97 Å². The highest BCUT2D eigenvalue weighted by atomic mass is 32.1. The van der Waals surface area contributed by atoms with Crippen LogP contribution in [0, 0.1) is 0 Å². The van der Waals surface area contributed by atoms with E-state index >= 15 is 0 Å². The van der Waals surface area contributed by atoms with Crippen LogP contribution in [0.2, 0.25) is 0 Å². The van der Waals surface area contributed by atoms with E-state index in [0.717, 1.165) is 5.56 Å². The summed E-state index contributed by atoms with van der Waals surface area (Å²) in [6, 6.07) is 21.7. The summed E-state index contributed by atoms with van der Waals surface area (Å²) in [5.74, 6) is -0.127. The Bertz CT molecular complexity index is 1150. The molecule has 0 unspecified atom stereocenters. The van der Waals surface area contributed by atoms with Crippen LogP contribution >= 0.6 is 11.3 Å². The Labute approximate surface area is 177 Å². The van der Waals surface area contributed by atoms with E-state index in [-0.39, 0.29) is 12.5 Å². The average Bonchev–Trinajstić information content (AvgIpc) is 3.49. The Morgan fingerprint density at radius 1 is 1.03 bits per heavy atom. The molecule has 150 valence electrons. The lowest BCUT2D eigenvalue weighted by Gasteiger charge is -2.19. The van der Waals surface area contributed by atoms with Gasteiger partial charge in [0.2, 0.25) is 0 Å². The van der Waals surface area contributed by atoms with Gasteiger partial charge in [0.05, 0.1) is 16.1 Å². The largest absolute Gasteiger partial charge is 0.455 e. The standard InChI is InChI=1S/C23H18N2O4S/c1-25(22(26)21-12-7-13-30-21)19-11-6-5-10-18(19)23(27)28-15-17-14-20(29-24-17)16-8-3-2-4-9-16/h2-14H,15H2,1H3. The van der Waals surface area contributed by atoms with E-state index in [1.54, 1.807) is 43.4 Å². The van der Waals surface area contributed by atoms with E-state index in [4.69, 9.17) is 9.26 Å². The quantitative estimate of drug-likeness (QED) is 0.410. The molecule has 0 saturated heterocycles. The fourth-order valence-corrected chi connectivity index (χ4v) is 3.65.